The van der Waals surface area contributed by atoms with Crippen molar-refractivity contribution in [3.63, 3.8) is 0 Å². The molecular formula is C32H31ClF4N4O. The Labute approximate surface area is 246 Å². The van der Waals surface area contributed by atoms with Crippen LogP contribution >= 0.6 is 11.6 Å². The summed E-state index contributed by atoms with van der Waals surface area (Å²) in [6.45, 7) is 8.57. The lowest BCUT2D eigenvalue weighted by Crippen LogP contribution is -2.21. The number of pyridine rings is 2. The third kappa shape index (κ3) is 5.43. The summed E-state index contributed by atoms with van der Waals surface area (Å²) in [6.07, 6.45) is -2.00. The Balaban J connectivity index is 1.45. The summed E-state index contributed by atoms with van der Waals surface area (Å²) in [5, 5.41) is 16.9. The average Bonchev–Trinajstić information content (AvgIpc) is 3.58. The molecule has 4 aromatic rings. The van der Waals surface area contributed by atoms with Crippen LogP contribution in [0.2, 0.25) is 5.02 Å². The lowest BCUT2D eigenvalue weighted by atomic mass is 9.97. The van der Waals surface area contributed by atoms with E-state index in [1.54, 1.807) is 31.3 Å². The molecule has 2 unspecified atom stereocenters. The van der Waals surface area contributed by atoms with E-state index in [4.69, 9.17) is 16.6 Å². The van der Waals surface area contributed by atoms with Crippen LogP contribution in [0.3, 0.4) is 0 Å². The van der Waals surface area contributed by atoms with Gasteiger partial charge in [0, 0.05) is 53.5 Å². The number of rotatable bonds is 10. The first-order chi connectivity index (χ1) is 19.9. The van der Waals surface area contributed by atoms with E-state index in [1.165, 1.54) is 6.07 Å². The molecule has 1 aliphatic rings. The fourth-order valence-electron chi connectivity index (χ4n) is 5.47. The monoisotopic (exact) mass is 598 g/mol. The summed E-state index contributed by atoms with van der Waals surface area (Å²) in [5.74, 6) is -0.562. The highest BCUT2D eigenvalue weighted by Gasteiger charge is 2.49. The first kappa shape index (κ1) is 29.8. The summed E-state index contributed by atoms with van der Waals surface area (Å²) < 4.78 is 54.0. The number of nitrogens with one attached hydrogen (secondary N) is 2. The van der Waals surface area contributed by atoms with Gasteiger partial charge < -0.3 is 15.7 Å². The number of aliphatic hydroxyl groups excluding tert-OH is 1. The van der Waals surface area contributed by atoms with Gasteiger partial charge in [0.25, 0.3) is 0 Å². The first-order valence-electron chi connectivity index (χ1n) is 13.6. The van der Waals surface area contributed by atoms with Crippen molar-refractivity contribution in [2.24, 2.45) is 0 Å². The molecule has 0 fully saturated rings. The van der Waals surface area contributed by atoms with Gasteiger partial charge in [-0.05, 0) is 72.5 Å². The Kier molecular flexibility index (Phi) is 7.94. The third-order valence-corrected chi connectivity index (χ3v) is 8.27. The predicted octanol–water partition coefficient (Wildman–Crippen LogP) is 7.91. The molecule has 3 N–H and O–H groups in total. The van der Waals surface area contributed by atoms with Crippen molar-refractivity contribution in [3.8, 4) is 11.3 Å². The summed E-state index contributed by atoms with van der Waals surface area (Å²) in [7, 11) is 1.69. The summed E-state index contributed by atoms with van der Waals surface area (Å²) >= 11 is 6.09. The summed E-state index contributed by atoms with van der Waals surface area (Å²) in [5.41, 5.74) is 4.91. The number of benzene rings is 2. The van der Waals surface area contributed by atoms with Crippen LogP contribution in [0.25, 0.3) is 27.9 Å². The smallest absolute Gasteiger partial charge is 0.395 e. The quantitative estimate of drug-likeness (QED) is 0.162. The molecule has 5 nitrogen and oxygen atoms in total. The van der Waals surface area contributed by atoms with E-state index >= 15 is 0 Å². The Hall–Kier alpha value is -3.69. The Morgan fingerprint density at radius 2 is 1.93 bits per heavy atom. The van der Waals surface area contributed by atoms with E-state index in [-0.39, 0.29) is 17.5 Å². The molecule has 0 radical (unpaired) electrons. The molecule has 0 saturated carbocycles. The van der Waals surface area contributed by atoms with Gasteiger partial charge in [-0.25, -0.2) is 4.39 Å². The van der Waals surface area contributed by atoms with E-state index in [0.29, 0.717) is 45.7 Å². The number of hydrogen-bond acceptors (Lipinski definition) is 5. The topological polar surface area (TPSA) is 70.1 Å². The van der Waals surface area contributed by atoms with E-state index in [2.05, 4.69) is 29.1 Å². The molecule has 0 spiro atoms. The van der Waals surface area contributed by atoms with Gasteiger partial charge >= 0.3 is 6.18 Å². The van der Waals surface area contributed by atoms with Gasteiger partial charge in [0.05, 0.1) is 34.1 Å². The summed E-state index contributed by atoms with van der Waals surface area (Å²) in [6, 6.07) is 11.0. The summed E-state index contributed by atoms with van der Waals surface area (Å²) in [4.78, 5) is 9.04. The molecule has 2 aromatic carbocycles. The number of fused-ring (bicyclic) bond motifs is 2. The number of alkyl halides is 3. The number of nitrogens with zero attached hydrogens (tertiary/aromatic N) is 2. The van der Waals surface area contributed by atoms with Crippen LogP contribution in [0.15, 0.2) is 55.2 Å². The minimum absolute atomic E-state index is 0.00300. The van der Waals surface area contributed by atoms with Crippen molar-refractivity contribution in [1.82, 2.24) is 15.3 Å². The Bertz CT molecular complexity index is 1690. The zero-order chi connectivity index (χ0) is 30.4. The highest BCUT2D eigenvalue weighted by atomic mass is 35.5. The van der Waals surface area contributed by atoms with Crippen LogP contribution in [0.5, 0.6) is 0 Å². The van der Waals surface area contributed by atoms with Crippen LogP contribution in [-0.2, 0) is 11.6 Å². The molecule has 0 bridgehead atoms. The van der Waals surface area contributed by atoms with Gasteiger partial charge in [0.2, 0.25) is 0 Å². The van der Waals surface area contributed by atoms with E-state index in [1.807, 2.05) is 13.0 Å². The molecule has 1 aliphatic carbocycles. The van der Waals surface area contributed by atoms with Crippen LogP contribution in [0.4, 0.5) is 23.2 Å². The molecule has 5 rings (SSSR count). The maximum Gasteiger partial charge on any atom is 0.417 e. The van der Waals surface area contributed by atoms with Crippen LogP contribution in [-0.4, -0.2) is 35.3 Å². The molecule has 10 heteroatoms. The predicted molar refractivity (Wildman–Crippen MR) is 159 cm³/mol. The van der Waals surface area contributed by atoms with Crippen molar-refractivity contribution in [2.75, 3.05) is 25.5 Å². The van der Waals surface area contributed by atoms with Gasteiger partial charge in [-0.3, -0.25) is 9.97 Å². The maximum atomic E-state index is 13.9. The number of anilines is 1. The van der Waals surface area contributed by atoms with Crippen molar-refractivity contribution < 1.29 is 22.7 Å². The molecule has 2 heterocycles. The Morgan fingerprint density at radius 3 is 2.57 bits per heavy atom. The normalized spacial score (nSPS) is 16.7. The van der Waals surface area contributed by atoms with Crippen molar-refractivity contribution in [2.45, 2.75) is 44.2 Å². The van der Waals surface area contributed by atoms with Crippen molar-refractivity contribution in [3.05, 3.63) is 94.0 Å². The fourth-order valence-corrected chi connectivity index (χ4v) is 5.65. The standard InChI is InChI=1S/C32H31ClF4N4O/c1-5-6-19(26-13-23-28(31(23,3)16-42)30(41-26)18-7-8-25(34)24(33)11-18)14-39-17(2)20-9-21-10-22(32(35,36)37)15-40-29(21)27(12-20)38-4/h7-13,15,19,38-39,42H,2,5-6,14,16H2,1,3-4H3. The highest BCUT2D eigenvalue weighted by Crippen LogP contribution is 2.54. The molecular weight excluding hydrogens is 568 g/mol. The lowest BCUT2D eigenvalue weighted by Gasteiger charge is -2.20. The Morgan fingerprint density at radius 1 is 1.17 bits per heavy atom. The van der Waals surface area contributed by atoms with Gasteiger partial charge in [-0.15, -0.1) is 0 Å². The van der Waals surface area contributed by atoms with Gasteiger partial charge in [-0.1, -0.05) is 31.5 Å². The van der Waals surface area contributed by atoms with Crippen LogP contribution in [0, 0.1) is 5.82 Å². The minimum Gasteiger partial charge on any atom is -0.395 e. The lowest BCUT2D eigenvalue weighted by molar-refractivity contribution is -0.137. The van der Waals surface area contributed by atoms with Gasteiger partial charge in [0.1, 0.15) is 5.82 Å². The minimum atomic E-state index is -4.51. The van der Waals surface area contributed by atoms with Crippen LogP contribution in [0.1, 0.15) is 60.6 Å². The molecule has 0 amide bonds. The molecule has 2 atom stereocenters. The van der Waals surface area contributed by atoms with E-state index in [9.17, 15) is 22.7 Å². The molecule has 0 aliphatic heterocycles. The molecule has 0 saturated heterocycles. The third-order valence-electron chi connectivity index (χ3n) is 7.98. The fraction of sp³-hybridized carbons (Fsp3) is 0.312. The first-order valence-corrected chi connectivity index (χ1v) is 14.0. The van der Waals surface area contributed by atoms with Crippen molar-refractivity contribution >= 4 is 33.9 Å². The highest BCUT2D eigenvalue weighted by molar-refractivity contribution is 6.31. The zero-order valence-corrected chi connectivity index (χ0v) is 24.2. The largest absolute Gasteiger partial charge is 0.417 e. The second-order valence-corrected chi connectivity index (χ2v) is 11.3. The molecule has 2 aromatic heterocycles. The maximum absolute atomic E-state index is 13.9. The molecule has 42 heavy (non-hydrogen) atoms. The van der Waals surface area contributed by atoms with Gasteiger partial charge in [0.15, 0.2) is 0 Å². The SMILES string of the molecule is C=C(NCC(CCC)c1cc2c(c(-c3ccc(F)c(Cl)c3)n1)C2(C)CO)c1cc(NC)c2ncc(C(F)(F)F)cc2c1. The second-order valence-electron chi connectivity index (χ2n) is 10.8. The second kappa shape index (κ2) is 11.2. The van der Waals surface area contributed by atoms with Crippen molar-refractivity contribution in [1.29, 1.82) is 0 Å². The number of halogens is 5. The van der Waals surface area contributed by atoms with E-state index < -0.39 is 23.0 Å². The van der Waals surface area contributed by atoms with E-state index in [0.717, 1.165) is 41.9 Å². The van der Waals surface area contributed by atoms with Gasteiger partial charge in [-0.2, -0.15) is 13.2 Å². The number of aromatic nitrogens is 2. The zero-order valence-electron chi connectivity index (χ0n) is 23.5. The number of aliphatic hydroxyl groups is 1. The average molecular weight is 599 g/mol. The number of hydrogen-bond donors (Lipinski definition) is 3. The molecule has 220 valence electrons. The van der Waals surface area contributed by atoms with Crippen LogP contribution < -0.4 is 10.6 Å².